The third kappa shape index (κ3) is 2.56. The number of aromatic nitrogens is 2. The maximum absolute atomic E-state index is 12.1. The minimum absolute atomic E-state index is 0.215. The van der Waals surface area contributed by atoms with Crippen LogP contribution in [0, 0.1) is 0 Å². The summed E-state index contributed by atoms with van der Waals surface area (Å²) in [6.07, 6.45) is 1.98. The van der Waals surface area contributed by atoms with Crippen LogP contribution in [0.1, 0.15) is 43.2 Å². The zero-order valence-electron chi connectivity index (χ0n) is 11.5. The van der Waals surface area contributed by atoms with Gasteiger partial charge < -0.3 is 5.11 Å². The molecule has 2 heterocycles. The van der Waals surface area contributed by atoms with Crippen LogP contribution >= 0.6 is 11.3 Å². The quantitative estimate of drug-likeness (QED) is 0.888. The Labute approximate surface area is 120 Å². The number of nitrogens with zero attached hydrogens (tertiary/aromatic N) is 1. The number of H-pyrrole nitrogens is 1. The molecule has 0 fully saturated rings. The van der Waals surface area contributed by atoms with E-state index in [0.717, 1.165) is 17.7 Å². The highest BCUT2D eigenvalue weighted by Gasteiger charge is 2.21. The van der Waals surface area contributed by atoms with Crippen molar-refractivity contribution in [3.05, 3.63) is 48.8 Å². The first kappa shape index (κ1) is 14.6. The van der Waals surface area contributed by atoms with E-state index < -0.39 is 11.2 Å². The van der Waals surface area contributed by atoms with Gasteiger partial charge >= 0.3 is 5.69 Å². The molecule has 108 valence electrons. The number of hydrogen-bond donors (Lipinski definition) is 2. The van der Waals surface area contributed by atoms with Crippen LogP contribution in [-0.2, 0) is 6.42 Å². The molecule has 0 bridgehead atoms. The van der Waals surface area contributed by atoms with Crippen molar-refractivity contribution in [3.8, 4) is 5.88 Å². The summed E-state index contributed by atoms with van der Waals surface area (Å²) in [4.78, 5) is 27.1. The lowest BCUT2D eigenvalue weighted by Crippen LogP contribution is -2.34. The van der Waals surface area contributed by atoms with Crippen LogP contribution in [-0.4, -0.2) is 14.7 Å². The van der Waals surface area contributed by atoms with Crippen molar-refractivity contribution in [2.45, 2.75) is 39.2 Å². The van der Waals surface area contributed by atoms with Crippen molar-refractivity contribution in [2.75, 3.05) is 0 Å². The van der Waals surface area contributed by atoms with Gasteiger partial charge in [-0.3, -0.25) is 14.3 Å². The highest BCUT2D eigenvalue weighted by Crippen LogP contribution is 2.29. The summed E-state index contributed by atoms with van der Waals surface area (Å²) in [6, 6.07) is 3.61. The molecular weight excluding hydrogens is 276 g/mol. The molecule has 20 heavy (non-hydrogen) atoms. The van der Waals surface area contributed by atoms with Gasteiger partial charge in [0, 0.05) is 4.88 Å². The second kappa shape index (κ2) is 6.09. The fourth-order valence-electron chi connectivity index (χ4n) is 2.34. The Morgan fingerprint density at radius 3 is 2.70 bits per heavy atom. The minimum Gasteiger partial charge on any atom is -0.494 e. The Balaban J connectivity index is 2.65. The molecular formula is C14H18N2O3S. The van der Waals surface area contributed by atoms with E-state index in [9.17, 15) is 14.7 Å². The second-order valence-electron chi connectivity index (χ2n) is 4.60. The van der Waals surface area contributed by atoms with Gasteiger partial charge in [0.25, 0.3) is 5.56 Å². The van der Waals surface area contributed by atoms with E-state index in [4.69, 9.17) is 0 Å². The van der Waals surface area contributed by atoms with Gasteiger partial charge in [0.2, 0.25) is 5.88 Å². The zero-order chi connectivity index (χ0) is 14.7. The maximum atomic E-state index is 12.1. The summed E-state index contributed by atoms with van der Waals surface area (Å²) in [5.41, 5.74) is -0.813. The first-order valence-electron chi connectivity index (χ1n) is 6.70. The van der Waals surface area contributed by atoms with Crippen molar-refractivity contribution in [1.29, 1.82) is 0 Å². The average molecular weight is 294 g/mol. The number of aromatic hydroxyl groups is 1. The third-order valence-electron chi connectivity index (χ3n) is 3.31. The molecule has 0 radical (unpaired) electrons. The molecule has 1 unspecified atom stereocenters. The van der Waals surface area contributed by atoms with Crippen molar-refractivity contribution >= 4 is 11.3 Å². The topological polar surface area (TPSA) is 75.1 Å². The molecule has 0 aliphatic rings. The molecule has 2 aromatic heterocycles. The molecule has 0 saturated carbocycles. The van der Waals surface area contributed by atoms with Crippen LogP contribution < -0.4 is 11.2 Å². The van der Waals surface area contributed by atoms with Crippen LogP contribution in [0.4, 0.5) is 0 Å². The van der Waals surface area contributed by atoms with Crippen LogP contribution in [0.25, 0.3) is 0 Å². The highest BCUT2D eigenvalue weighted by atomic mass is 32.1. The van der Waals surface area contributed by atoms with Gasteiger partial charge in [0.15, 0.2) is 0 Å². The second-order valence-corrected chi connectivity index (χ2v) is 5.58. The number of thiophene rings is 1. The SMILES string of the molecule is CCCC(c1cccs1)n1c(O)c(CC)c(=O)[nH]c1=O. The van der Waals surface area contributed by atoms with Crippen LogP contribution in [0.15, 0.2) is 27.1 Å². The predicted octanol–water partition coefficient (Wildman–Crippen LogP) is 2.26. The lowest BCUT2D eigenvalue weighted by Gasteiger charge is -2.20. The van der Waals surface area contributed by atoms with Crippen LogP contribution in [0.5, 0.6) is 5.88 Å². The van der Waals surface area contributed by atoms with Crippen molar-refractivity contribution in [1.82, 2.24) is 9.55 Å². The standard InChI is InChI=1S/C14H18N2O3S/c1-3-6-10(11-7-5-8-20-11)16-13(18)9(4-2)12(17)15-14(16)19/h5,7-8,10,18H,3-4,6H2,1-2H3,(H,15,17,19). The normalized spacial score (nSPS) is 12.5. The summed E-state index contributed by atoms with van der Waals surface area (Å²) in [6.45, 7) is 3.80. The Bertz CT molecular complexity index is 685. The maximum Gasteiger partial charge on any atom is 0.331 e. The summed E-state index contributed by atoms with van der Waals surface area (Å²) >= 11 is 1.54. The van der Waals surface area contributed by atoms with Crippen molar-refractivity contribution in [2.24, 2.45) is 0 Å². The summed E-state index contributed by atoms with van der Waals surface area (Å²) in [7, 11) is 0. The van der Waals surface area contributed by atoms with E-state index >= 15 is 0 Å². The molecule has 1 atom stereocenters. The van der Waals surface area contributed by atoms with Gasteiger partial charge in [0.05, 0.1) is 11.6 Å². The lowest BCUT2D eigenvalue weighted by molar-refractivity contribution is 0.368. The third-order valence-corrected chi connectivity index (χ3v) is 4.28. The number of aromatic amines is 1. The number of rotatable bonds is 5. The largest absolute Gasteiger partial charge is 0.494 e. The van der Waals surface area contributed by atoms with E-state index in [1.54, 1.807) is 6.92 Å². The molecule has 0 aliphatic carbocycles. The van der Waals surface area contributed by atoms with E-state index in [0.29, 0.717) is 6.42 Å². The fraction of sp³-hybridized carbons (Fsp3) is 0.429. The smallest absolute Gasteiger partial charge is 0.331 e. The van der Waals surface area contributed by atoms with Gasteiger partial charge in [-0.05, 0) is 24.3 Å². The molecule has 0 saturated heterocycles. The van der Waals surface area contributed by atoms with E-state index in [2.05, 4.69) is 4.98 Å². The van der Waals surface area contributed by atoms with Crippen LogP contribution in [0.2, 0.25) is 0 Å². The molecule has 2 aromatic rings. The summed E-state index contributed by atoms with van der Waals surface area (Å²) in [5, 5.41) is 12.2. The molecule has 2 N–H and O–H groups in total. The van der Waals surface area contributed by atoms with Crippen LogP contribution in [0.3, 0.4) is 0 Å². The molecule has 5 nitrogen and oxygen atoms in total. The Morgan fingerprint density at radius 1 is 1.40 bits per heavy atom. The first-order chi connectivity index (χ1) is 9.60. The van der Waals surface area contributed by atoms with Gasteiger partial charge in [0.1, 0.15) is 0 Å². The molecule has 0 spiro atoms. The van der Waals surface area contributed by atoms with Gasteiger partial charge in [-0.25, -0.2) is 4.79 Å². The Morgan fingerprint density at radius 2 is 2.15 bits per heavy atom. The number of nitrogens with one attached hydrogen (secondary N) is 1. The Kier molecular flexibility index (Phi) is 4.44. The van der Waals surface area contributed by atoms with E-state index in [1.807, 2.05) is 24.4 Å². The summed E-state index contributed by atoms with van der Waals surface area (Å²) in [5.74, 6) is -0.215. The van der Waals surface area contributed by atoms with Crippen molar-refractivity contribution < 1.29 is 5.11 Å². The molecule has 6 heteroatoms. The van der Waals surface area contributed by atoms with Gasteiger partial charge in [-0.1, -0.05) is 26.3 Å². The molecule has 0 aromatic carbocycles. The van der Waals surface area contributed by atoms with Gasteiger partial charge in [-0.15, -0.1) is 11.3 Å². The minimum atomic E-state index is -0.559. The van der Waals surface area contributed by atoms with Gasteiger partial charge in [-0.2, -0.15) is 0 Å². The molecule has 2 rings (SSSR count). The number of hydrogen-bond acceptors (Lipinski definition) is 4. The molecule has 0 amide bonds. The lowest BCUT2D eigenvalue weighted by atomic mass is 10.1. The highest BCUT2D eigenvalue weighted by molar-refractivity contribution is 7.10. The monoisotopic (exact) mass is 294 g/mol. The Hall–Kier alpha value is -1.82. The van der Waals surface area contributed by atoms with Crippen molar-refractivity contribution in [3.63, 3.8) is 0 Å². The zero-order valence-corrected chi connectivity index (χ0v) is 12.4. The van der Waals surface area contributed by atoms with E-state index in [-0.39, 0.29) is 17.5 Å². The average Bonchev–Trinajstić information content (AvgIpc) is 2.91. The first-order valence-corrected chi connectivity index (χ1v) is 7.58. The fourth-order valence-corrected chi connectivity index (χ4v) is 3.19. The molecule has 0 aliphatic heterocycles. The summed E-state index contributed by atoms with van der Waals surface area (Å²) < 4.78 is 1.30. The predicted molar refractivity (Wildman–Crippen MR) is 79.7 cm³/mol. The van der Waals surface area contributed by atoms with E-state index in [1.165, 1.54) is 15.9 Å².